The van der Waals surface area contributed by atoms with E-state index in [9.17, 15) is 9.59 Å². The molecule has 1 N–H and O–H groups in total. The fourth-order valence-electron chi connectivity index (χ4n) is 3.52. The van der Waals surface area contributed by atoms with E-state index in [-0.39, 0.29) is 12.3 Å². The first-order valence-corrected chi connectivity index (χ1v) is 10.2. The summed E-state index contributed by atoms with van der Waals surface area (Å²) in [7, 11) is 1.34. The van der Waals surface area contributed by atoms with Crippen LogP contribution < -0.4 is 5.32 Å². The average molecular weight is 406 g/mol. The van der Waals surface area contributed by atoms with E-state index in [0.29, 0.717) is 5.56 Å². The lowest BCUT2D eigenvalue weighted by Crippen LogP contribution is -2.60. The van der Waals surface area contributed by atoms with Gasteiger partial charge in [0.1, 0.15) is 0 Å². The van der Waals surface area contributed by atoms with Gasteiger partial charge in [0.15, 0.2) is 5.54 Å². The number of esters is 1. The molecule has 0 saturated heterocycles. The summed E-state index contributed by atoms with van der Waals surface area (Å²) in [5.74, 6) is -1.31. The standard InChI is InChI=1S/C24H23NO3S/c1-3-21(20-14-15-29-17-20)24(23(27)28-2,16-18-10-6-4-7-11-18)25-22(26)19-12-8-5-9-13-19/h3-15,17,21H,1,16H2,2H3,(H,25,26)/t21-,24-/m1/s1. The predicted octanol–water partition coefficient (Wildman–Crippen LogP) is 4.60. The first-order chi connectivity index (χ1) is 14.1. The molecule has 0 aliphatic carbocycles. The number of carbonyl (C=O) groups excluding carboxylic acids is 2. The summed E-state index contributed by atoms with van der Waals surface area (Å²) < 4.78 is 5.21. The lowest BCUT2D eigenvalue weighted by atomic mass is 9.75. The first kappa shape index (κ1) is 20.6. The molecule has 0 radical (unpaired) electrons. The SMILES string of the molecule is C=C[C@H](c1ccsc1)[C@@](Cc1ccccc1)(NC(=O)c1ccccc1)C(=O)OC. The quantitative estimate of drug-likeness (QED) is 0.440. The van der Waals surface area contributed by atoms with Crippen LogP contribution in [0.3, 0.4) is 0 Å². The van der Waals surface area contributed by atoms with Crippen molar-refractivity contribution in [1.29, 1.82) is 0 Å². The van der Waals surface area contributed by atoms with Crippen molar-refractivity contribution >= 4 is 23.2 Å². The second-order valence-electron chi connectivity index (χ2n) is 6.72. The smallest absolute Gasteiger partial charge is 0.332 e. The fourth-order valence-corrected chi connectivity index (χ4v) is 4.22. The third kappa shape index (κ3) is 4.46. The Balaban J connectivity index is 2.11. The number of rotatable bonds is 8. The first-order valence-electron chi connectivity index (χ1n) is 9.25. The molecule has 2 atom stereocenters. The molecule has 1 aromatic heterocycles. The van der Waals surface area contributed by atoms with Gasteiger partial charge in [-0.15, -0.1) is 6.58 Å². The second kappa shape index (κ2) is 9.34. The minimum Gasteiger partial charge on any atom is -0.467 e. The highest BCUT2D eigenvalue weighted by atomic mass is 32.1. The van der Waals surface area contributed by atoms with E-state index < -0.39 is 17.4 Å². The highest BCUT2D eigenvalue weighted by Crippen LogP contribution is 2.35. The van der Waals surface area contributed by atoms with Gasteiger partial charge in [-0.1, -0.05) is 54.6 Å². The highest BCUT2D eigenvalue weighted by Gasteiger charge is 2.48. The average Bonchev–Trinajstić information content (AvgIpc) is 3.29. The van der Waals surface area contributed by atoms with Crippen LogP contribution in [0.1, 0.15) is 27.4 Å². The van der Waals surface area contributed by atoms with Gasteiger partial charge in [-0.05, 0) is 40.1 Å². The Morgan fingerprint density at radius 2 is 1.76 bits per heavy atom. The van der Waals surface area contributed by atoms with Crippen LogP contribution in [-0.2, 0) is 16.0 Å². The van der Waals surface area contributed by atoms with Crippen molar-refractivity contribution in [1.82, 2.24) is 5.32 Å². The number of nitrogens with one attached hydrogen (secondary N) is 1. The zero-order valence-electron chi connectivity index (χ0n) is 16.2. The van der Waals surface area contributed by atoms with Crippen LogP contribution in [0.5, 0.6) is 0 Å². The molecule has 0 saturated carbocycles. The van der Waals surface area contributed by atoms with Crippen LogP contribution in [0.25, 0.3) is 0 Å². The number of carbonyl (C=O) groups is 2. The third-order valence-corrected chi connectivity index (χ3v) is 5.62. The second-order valence-corrected chi connectivity index (χ2v) is 7.50. The van der Waals surface area contributed by atoms with Crippen molar-refractivity contribution in [2.75, 3.05) is 7.11 Å². The van der Waals surface area contributed by atoms with Crippen LogP contribution >= 0.6 is 11.3 Å². The maximum Gasteiger partial charge on any atom is 0.332 e. The monoisotopic (exact) mass is 405 g/mol. The summed E-state index contributed by atoms with van der Waals surface area (Å²) in [4.78, 5) is 26.3. The fraction of sp³-hybridized carbons (Fsp3) is 0.167. The molecule has 0 unspecified atom stereocenters. The highest BCUT2D eigenvalue weighted by molar-refractivity contribution is 7.08. The largest absolute Gasteiger partial charge is 0.467 e. The Hall–Kier alpha value is -3.18. The van der Waals surface area contributed by atoms with E-state index in [1.165, 1.54) is 18.4 Å². The third-order valence-electron chi connectivity index (χ3n) is 4.92. The van der Waals surface area contributed by atoms with E-state index >= 15 is 0 Å². The van der Waals surface area contributed by atoms with E-state index in [1.807, 2.05) is 53.2 Å². The Labute approximate surface area is 174 Å². The van der Waals surface area contributed by atoms with Gasteiger partial charge in [-0.2, -0.15) is 11.3 Å². The topological polar surface area (TPSA) is 55.4 Å². The van der Waals surface area contributed by atoms with Crippen molar-refractivity contribution in [3.63, 3.8) is 0 Å². The maximum atomic E-state index is 13.2. The molecule has 3 aromatic rings. The molecule has 5 heteroatoms. The van der Waals surface area contributed by atoms with Crippen LogP contribution in [0.2, 0.25) is 0 Å². The molecular weight excluding hydrogens is 382 g/mol. The van der Waals surface area contributed by atoms with Gasteiger partial charge in [-0.25, -0.2) is 4.79 Å². The summed E-state index contributed by atoms with van der Waals surface area (Å²) >= 11 is 1.53. The molecule has 0 fully saturated rings. The van der Waals surface area contributed by atoms with Gasteiger partial charge < -0.3 is 10.1 Å². The number of amides is 1. The van der Waals surface area contributed by atoms with Gasteiger partial charge in [0.05, 0.1) is 7.11 Å². The number of hydrogen-bond donors (Lipinski definition) is 1. The molecule has 148 valence electrons. The zero-order valence-corrected chi connectivity index (χ0v) is 17.0. The van der Waals surface area contributed by atoms with E-state index in [4.69, 9.17) is 4.74 Å². The zero-order chi connectivity index (χ0) is 20.7. The summed E-state index contributed by atoms with van der Waals surface area (Å²) in [6, 6.07) is 20.4. The minimum absolute atomic E-state index is 0.269. The van der Waals surface area contributed by atoms with Crippen LogP contribution in [0, 0.1) is 0 Å². The van der Waals surface area contributed by atoms with Crippen LogP contribution in [0.15, 0.2) is 90.1 Å². The van der Waals surface area contributed by atoms with Crippen molar-refractivity contribution in [2.45, 2.75) is 17.9 Å². The molecule has 1 heterocycles. The molecular formula is C24H23NO3S. The summed E-state index contributed by atoms with van der Waals surface area (Å²) in [5.41, 5.74) is 0.946. The maximum absolute atomic E-state index is 13.2. The van der Waals surface area contributed by atoms with Gasteiger partial charge in [0.2, 0.25) is 0 Å². The van der Waals surface area contributed by atoms with Crippen molar-refractivity contribution in [3.05, 3.63) is 107 Å². The molecule has 29 heavy (non-hydrogen) atoms. The molecule has 3 rings (SSSR count). The number of benzene rings is 2. The number of methoxy groups -OCH3 is 1. The van der Waals surface area contributed by atoms with Crippen LogP contribution in [-0.4, -0.2) is 24.5 Å². The van der Waals surface area contributed by atoms with Crippen molar-refractivity contribution < 1.29 is 14.3 Å². The van der Waals surface area contributed by atoms with Gasteiger partial charge in [0, 0.05) is 17.9 Å². The lowest BCUT2D eigenvalue weighted by molar-refractivity contribution is -0.148. The van der Waals surface area contributed by atoms with Gasteiger partial charge in [-0.3, -0.25) is 4.79 Å². The lowest BCUT2D eigenvalue weighted by Gasteiger charge is -2.37. The Kier molecular flexibility index (Phi) is 6.62. The Bertz CT molecular complexity index is 954. The van der Waals surface area contributed by atoms with Crippen molar-refractivity contribution in [3.8, 4) is 0 Å². The molecule has 4 nitrogen and oxygen atoms in total. The number of thiophene rings is 1. The molecule has 0 aliphatic heterocycles. The molecule has 1 amide bonds. The van der Waals surface area contributed by atoms with E-state index in [2.05, 4.69) is 11.9 Å². The summed E-state index contributed by atoms with van der Waals surface area (Å²) in [5, 5.41) is 6.91. The van der Waals surface area contributed by atoms with Crippen LogP contribution in [0.4, 0.5) is 0 Å². The molecule has 0 bridgehead atoms. The molecule has 2 aromatic carbocycles. The normalized spacial score (nSPS) is 13.7. The number of ether oxygens (including phenoxy) is 1. The Morgan fingerprint density at radius 3 is 2.31 bits per heavy atom. The minimum atomic E-state index is -1.34. The number of hydrogen-bond acceptors (Lipinski definition) is 4. The molecule has 0 spiro atoms. The predicted molar refractivity (Wildman–Crippen MR) is 116 cm³/mol. The van der Waals surface area contributed by atoms with Gasteiger partial charge in [0.25, 0.3) is 5.91 Å². The summed E-state index contributed by atoms with van der Waals surface area (Å²) in [6.45, 7) is 3.97. The van der Waals surface area contributed by atoms with E-state index in [0.717, 1.165) is 11.1 Å². The summed E-state index contributed by atoms with van der Waals surface area (Å²) in [6.07, 6.45) is 1.97. The van der Waals surface area contributed by atoms with Crippen molar-refractivity contribution in [2.24, 2.45) is 0 Å². The Morgan fingerprint density at radius 1 is 1.10 bits per heavy atom. The van der Waals surface area contributed by atoms with E-state index in [1.54, 1.807) is 30.3 Å². The van der Waals surface area contributed by atoms with Gasteiger partial charge >= 0.3 is 5.97 Å². The molecule has 0 aliphatic rings.